The molecule has 2 aromatic carbocycles. The van der Waals surface area contributed by atoms with E-state index in [2.05, 4.69) is 68.4 Å². The van der Waals surface area contributed by atoms with Gasteiger partial charge in [-0.3, -0.25) is 9.69 Å². The zero-order valence-electron chi connectivity index (χ0n) is 18.5. The number of fused-ring (bicyclic) bond motifs is 1. The molecule has 0 N–H and O–H groups in total. The third-order valence-electron chi connectivity index (χ3n) is 4.92. The van der Waals surface area contributed by atoms with E-state index in [-0.39, 0.29) is 18.3 Å². The Balaban J connectivity index is 0.00000341. The fraction of sp³-hybridized carbons (Fsp3) is 0.417. The van der Waals surface area contributed by atoms with Crippen molar-refractivity contribution >= 4 is 56.8 Å². The molecule has 1 heterocycles. The van der Waals surface area contributed by atoms with Crippen molar-refractivity contribution in [1.29, 1.82) is 0 Å². The molecular weight excluding hydrogens is 446 g/mol. The Kier molecular flexibility index (Phi) is 10.8. The Morgan fingerprint density at radius 2 is 1.84 bits per heavy atom. The van der Waals surface area contributed by atoms with Crippen LogP contribution in [-0.2, 0) is 11.2 Å². The van der Waals surface area contributed by atoms with Crippen LogP contribution in [0.1, 0.15) is 31.7 Å². The molecule has 0 aliphatic heterocycles. The topological polar surface area (TPSA) is 36.4 Å². The first-order valence-corrected chi connectivity index (χ1v) is 12.4. The highest BCUT2D eigenvalue weighted by Crippen LogP contribution is 2.30. The molecule has 0 atom stereocenters. The number of hydrogen-bond acceptors (Lipinski definition) is 5. The molecule has 1 aromatic heterocycles. The maximum atomic E-state index is 13.1. The van der Waals surface area contributed by atoms with Gasteiger partial charge in [-0.1, -0.05) is 42.5 Å². The lowest BCUT2D eigenvalue weighted by atomic mass is 10.2. The summed E-state index contributed by atoms with van der Waals surface area (Å²) in [5.41, 5.74) is 2.29. The summed E-state index contributed by atoms with van der Waals surface area (Å²) in [7, 11) is 4.13. The van der Waals surface area contributed by atoms with E-state index in [0.717, 1.165) is 46.9 Å². The summed E-state index contributed by atoms with van der Waals surface area (Å²) in [5.74, 6) is 1.12. The van der Waals surface area contributed by atoms with Crippen LogP contribution in [-0.4, -0.2) is 48.7 Å². The Labute approximate surface area is 200 Å². The average molecular weight is 478 g/mol. The van der Waals surface area contributed by atoms with Gasteiger partial charge in [-0.05, 0) is 75.5 Å². The highest BCUT2D eigenvalue weighted by atomic mass is 35.5. The van der Waals surface area contributed by atoms with Gasteiger partial charge in [0.05, 0.1) is 10.2 Å². The normalized spacial score (nSPS) is 11.0. The molecular formula is C24H32ClN3OS2. The van der Waals surface area contributed by atoms with Crippen molar-refractivity contribution in [3.8, 4) is 0 Å². The highest BCUT2D eigenvalue weighted by Gasteiger charge is 2.19. The lowest BCUT2D eigenvalue weighted by Crippen LogP contribution is -2.33. The van der Waals surface area contributed by atoms with Crippen molar-refractivity contribution in [2.75, 3.05) is 37.8 Å². The Morgan fingerprint density at radius 3 is 2.55 bits per heavy atom. The molecule has 0 saturated carbocycles. The maximum Gasteiger partial charge on any atom is 0.228 e. The van der Waals surface area contributed by atoms with Gasteiger partial charge < -0.3 is 4.90 Å². The summed E-state index contributed by atoms with van der Waals surface area (Å²) >= 11 is 3.44. The van der Waals surface area contributed by atoms with Crippen LogP contribution in [0, 0.1) is 0 Å². The van der Waals surface area contributed by atoms with E-state index in [0.29, 0.717) is 13.0 Å². The van der Waals surface area contributed by atoms with E-state index in [4.69, 9.17) is 4.98 Å². The van der Waals surface area contributed by atoms with Crippen LogP contribution in [0.2, 0.25) is 0 Å². The first-order chi connectivity index (χ1) is 14.6. The standard InChI is InChI=1S/C24H31N3OS2.ClH/c1-4-19-13-14-21-22(18-19)30-24(25-21)27(16-9-15-26(2)3)23(28)12-8-17-29-20-10-6-5-7-11-20;/h5-7,10-11,13-14,18H,4,8-9,12,15-17H2,1-3H3;1H. The zero-order chi connectivity index (χ0) is 21.3. The molecule has 4 nitrogen and oxygen atoms in total. The number of hydrogen-bond donors (Lipinski definition) is 0. The van der Waals surface area contributed by atoms with E-state index in [1.807, 2.05) is 22.7 Å². The molecule has 0 aliphatic carbocycles. The van der Waals surface area contributed by atoms with Gasteiger partial charge in [0.15, 0.2) is 5.13 Å². The molecule has 168 valence electrons. The number of carbonyl (C=O) groups excluding carboxylic acids is 1. The van der Waals surface area contributed by atoms with Gasteiger partial charge in [0, 0.05) is 17.9 Å². The second kappa shape index (κ2) is 13.1. The molecule has 0 aliphatic rings. The van der Waals surface area contributed by atoms with E-state index >= 15 is 0 Å². The van der Waals surface area contributed by atoms with Gasteiger partial charge in [-0.25, -0.2) is 4.98 Å². The van der Waals surface area contributed by atoms with Crippen molar-refractivity contribution in [3.63, 3.8) is 0 Å². The SMILES string of the molecule is CCc1ccc2nc(N(CCCN(C)C)C(=O)CCCSc3ccccc3)sc2c1.Cl. The summed E-state index contributed by atoms with van der Waals surface area (Å²) in [6, 6.07) is 16.8. The van der Waals surface area contributed by atoms with E-state index in [1.54, 1.807) is 11.3 Å². The molecule has 0 radical (unpaired) electrons. The first-order valence-electron chi connectivity index (χ1n) is 10.6. The van der Waals surface area contributed by atoms with Crippen molar-refractivity contribution < 1.29 is 4.79 Å². The lowest BCUT2D eigenvalue weighted by Gasteiger charge is -2.21. The number of thiazole rings is 1. The first kappa shape index (κ1) is 25.7. The summed E-state index contributed by atoms with van der Waals surface area (Å²) < 4.78 is 1.16. The number of aryl methyl sites for hydroxylation is 1. The van der Waals surface area contributed by atoms with Crippen molar-refractivity contribution in [2.24, 2.45) is 0 Å². The summed E-state index contributed by atoms with van der Waals surface area (Å²) in [5, 5.41) is 0.831. The molecule has 1 amide bonds. The molecule has 3 aromatic rings. The van der Waals surface area contributed by atoms with E-state index < -0.39 is 0 Å². The molecule has 0 unspecified atom stereocenters. The van der Waals surface area contributed by atoms with Gasteiger partial charge in [0.1, 0.15) is 0 Å². The number of thioether (sulfide) groups is 1. The predicted octanol–water partition coefficient (Wildman–Crippen LogP) is 6.14. The number of rotatable bonds is 11. The van der Waals surface area contributed by atoms with Gasteiger partial charge in [0.25, 0.3) is 0 Å². The zero-order valence-corrected chi connectivity index (χ0v) is 21.0. The van der Waals surface area contributed by atoms with Crippen LogP contribution in [0.15, 0.2) is 53.4 Å². The Hall–Kier alpha value is -1.60. The van der Waals surface area contributed by atoms with Crippen LogP contribution < -0.4 is 4.90 Å². The Bertz CT molecular complexity index is 946. The van der Waals surface area contributed by atoms with Gasteiger partial charge in [0.2, 0.25) is 5.91 Å². The number of anilines is 1. The Morgan fingerprint density at radius 1 is 1.06 bits per heavy atom. The number of amides is 1. The summed E-state index contributed by atoms with van der Waals surface area (Å²) in [6.07, 6.45) is 3.37. The number of halogens is 1. The molecule has 31 heavy (non-hydrogen) atoms. The van der Waals surface area contributed by atoms with Gasteiger partial charge >= 0.3 is 0 Å². The fourth-order valence-electron chi connectivity index (χ4n) is 3.23. The monoisotopic (exact) mass is 477 g/mol. The van der Waals surface area contributed by atoms with Gasteiger partial charge in [-0.2, -0.15) is 0 Å². The molecule has 7 heteroatoms. The third-order valence-corrected chi connectivity index (χ3v) is 7.06. The van der Waals surface area contributed by atoms with Crippen molar-refractivity contribution in [2.45, 2.75) is 37.5 Å². The maximum absolute atomic E-state index is 13.1. The van der Waals surface area contributed by atoms with Gasteiger partial charge in [-0.15, -0.1) is 24.2 Å². The second-order valence-electron chi connectivity index (χ2n) is 7.62. The minimum Gasteiger partial charge on any atom is -0.309 e. The van der Waals surface area contributed by atoms with Crippen LogP contribution in [0.3, 0.4) is 0 Å². The quantitative estimate of drug-likeness (QED) is 0.245. The minimum atomic E-state index is 0. The molecule has 0 spiro atoms. The largest absolute Gasteiger partial charge is 0.309 e. The van der Waals surface area contributed by atoms with Crippen molar-refractivity contribution in [3.05, 3.63) is 54.1 Å². The third kappa shape index (κ3) is 7.79. The van der Waals surface area contributed by atoms with Crippen LogP contribution in [0.4, 0.5) is 5.13 Å². The molecule has 0 bridgehead atoms. The number of nitrogens with zero attached hydrogens (tertiary/aromatic N) is 3. The predicted molar refractivity (Wildman–Crippen MR) is 138 cm³/mol. The van der Waals surface area contributed by atoms with E-state index in [1.165, 1.54) is 10.5 Å². The summed E-state index contributed by atoms with van der Waals surface area (Å²) in [6.45, 7) is 3.83. The second-order valence-corrected chi connectivity index (χ2v) is 9.80. The number of carbonyl (C=O) groups is 1. The molecule has 0 saturated heterocycles. The number of benzene rings is 2. The van der Waals surface area contributed by atoms with Crippen LogP contribution in [0.25, 0.3) is 10.2 Å². The van der Waals surface area contributed by atoms with Crippen LogP contribution in [0.5, 0.6) is 0 Å². The average Bonchev–Trinajstić information content (AvgIpc) is 3.17. The van der Waals surface area contributed by atoms with Crippen LogP contribution >= 0.6 is 35.5 Å². The minimum absolute atomic E-state index is 0. The van der Waals surface area contributed by atoms with Crippen molar-refractivity contribution in [1.82, 2.24) is 9.88 Å². The molecule has 3 rings (SSSR count). The smallest absolute Gasteiger partial charge is 0.228 e. The summed E-state index contributed by atoms with van der Waals surface area (Å²) in [4.78, 5) is 23.2. The van der Waals surface area contributed by atoms with E-state index in [9.17, 15) is 4.79 Å². The fourth-order valence-corrected chi connectivity index (χ4v) is 5.18. The molecule has 0 fully saturated rings. The number of aromatic nitrogens is 1. The highest BCUT2D eigenvalue weighted by molar-refractivity contribution is 7.99. The lowest BCUT2D eigenvalue weighted by molar-refractivity contribution is -0.118.